The van der Waals surface area contributed by atoms with Crippen LogP contribution >= 0.6 is 0 Å². The molecule has 0 heterocycles. The summed E-state index contributed by atoms with van der Waals surface area (Å²) in [5, 5.41) is 0. The second kappa shape index (κ2) is 6.54. The van der Waals surface area contributed by atoms with Gasteiger partial charge in [0.25, 0.3) is 0 Å². The Kier molecular flexibility index (Phi) is 5.15. The average Bonchev–Trinajstić information content (AvgIpc) is 2.45. The Morgan fingerprint density at radius 3 is 1.85 bits per heavy atom. The van der Waals surface area contributed by atoms with Gasteiger partial charge in [-0.3, -0.25) is 4.79 Å². The van der Waals surface area contributed by atoms with Crippen LogP contribution in [0.3, 0.4) is 0 Å². The molecule has 0 aliphatic heterocycles. The lowest BCUT2D eigenvalue weighted by atomic mass is 9.90. The molecule has 1 aromatic carbocycles. The first kappa shape index (κ1) is 21.3. The van der Waals surface area contributed by atoms with E-state index in [1.165, 1.54) is 0 Å². The summed E-state index contributed by atoms with van der Waals surface area (Å²) in [6.45, 7) is 0. The van der Waals surface area contributed by atoms with Crippen LogP contribution in [0.25, 0.3) is 0 Å². The Labute approximate surface area is 148 Å². The molecule has 0 atom stereocenters. The molecule has 1 aliphatic carbocycles. The van der Waals surface area contributed by atoms with Crippen LogP contribution in [0.1, 0.15) is 28.8 Å². The third-order valence-electron chi connectivity index (χ3n) is 3.29. The molecule has 0 radical (unpaired) electrons. The van der Waals surface area contributed by atoms with E-state index in [-0.39, 0.29) is 30.9 Å². The van der Waals surface area contributed by atoms with Gasteiger partial charge < -0.3 is 8.37 Å². The number of rotatable bonds is 4. The topological polar surface area (TPSA) is 104 Å². The fraction of sp³-hybridized carbons (Fsp3) is 0.417. The zero-order valence-electron chi connectivity index (χ0n) is 12.7. The Bertz CT molecular complexity index is 977. The van der Waals surface area contributed by atoms with Gasteiger partial charge in [0.05, 0.1) is 0 Å². The maximum Gasteiger partial charge on any atom is 0.534 e. The van der Waals surface area contributed by atoms with Gasteiger partial charge in [-0.05, 0) is 18.9 Å². The molecule has 0 fully saturated rings. The Balaban J connectivity index is 2.60. The molecule has 0 saturated carbocycles. The minimum Gasteiger partial charge on any atom is -0.376 e. The molecule has 2 rings (SSSR count). The normalized spacial score (nSPS) is 16.0. The molecule has 7 nitrogen and oxygen atoms in total. The number of hydrogen-bond donors (Lipinski definition) is 0. The van der Waals surface area contributed by atoms with E-state index in [1.54, 1.807) is 0 Å². The summed E-state index contributed by atoms with van der Waals surface area (Å²) in [6.07, 6.45) is -0.167. The maximum atomic E-state index is 12.5. The van der Waals surface area contributed by atoms with E-state index >= 15 is 0 Å². The molecule has 15 heteroatoms. The second-order valence-corrected chi connectivity index (χ2v) is 8.27. The number of carbonyl (C=O) groups is 1. The van der Waals surface area contributed by atoms with Crippen LogP contribution in [-0.2, 0) is 26.7 Å². The monoisotopic (exact) mass is 442 g/mol. The number of halogens is 6. The van der Waals surface area contributed by atoms with Gasteiger partial charge in [-0.1, -0.05) is 0 Å². The highest BCUT2D eigenvalue weighted by Crippen LogP contribution is 2.38. The fourth-order valence-electron chi connectivity index (χ4n) is 2.15. The van der Waals surface area contributed by atoms with Crippen molar-refractivity contribution in [1.29, 1.82) is 0 Å². The van der Waals surface area contributed by atoms with Crippen LogP contribution in [0.2, 0.25) is 0 Å². The third-order valence-corrected chi connectivity index (χ3v) is 5.23. The van der Waals surface area contributed by atoms with Crippen molar-refractivity contribution < 1.29 is 56.3 Å². The van der Waals surface area contributed by atoms with Crippen molar-refractivity contribution in [2.24, 2.45) is 0 Å². The van der Waals surface area contributed by atoms with Crippen molar-refractivity contribution in [3.05, 3.63) is 23.3 Å². The highest BCUT2D eigenvalue weighted by Gasteiger charge is 2.50. The minimum absolute atomic E-state index is 0.106. The largest absolute Gasteiger partial charge is 0.534 e. The number of hydrogen-bond acceptors (Lipinski definition) is 7. The highest BCUT2D eigenvalue weighted by molar-refractivity contribution is 7.88. The van der Waals surface area contributed by atoms with Crippen LogP contribution < -0.4 is 8.37 Å². The van der Waals surface area contributed by atoms with E-state index in [0.29, 0.717) is 6.07 Å². The van der Waals surface area contributed by atoms with Crippen LogP contribution in [0.15, 0.2) is 12.1 Å². The summed E-state index contributed by atoms with van der Waals surface area (Å²) in [5.74, 6) is -3.14. The van der Waals surface area contributed by atoms with Crippen molar-refractivity contribution in [2.75, 3.05) is 0 Å². The molecule has 1 aliphatic rings. The molecule has 0 N–H and O–H groups in total. The molecule has 27 heavy (non-hydrogen) atoms. The van der Waals surface area contributed by atoms with Crippen molar-refractivity contribution in [2.45, 2.75) is 30.3 Å². The van der Waals surface area contributed by atoms with E-state index in [0.717, 1.165) is 0 Å². The number of alkyl halides is 6. The molecule has 0 saturated heterocycles. The first-order valence-corrected chi connectivity index (χ1v) is 9.58. The lowest BCUT2D eigenvalue weighted by Gasteiger charge is -2.20. The quantitative estimate of drug-likeness (QED) is 0.401. The molecule has 0 amide bonds. The maximum absolute atomic E-state index is 12.5. The van der Waals surface area contributed by atoms with Crippen molar-refractivity contribution >= 4 is 26.0 Å². The standard InChI is InChI=1S/C12H8F6O7S2/c13-11(14,15)26(20,21)24-6-4-8-7(2-1-3-9(8)19)10(5-6)25-27(22,23)12(16,17)18/h4-5H,1-3H2. The summed E-state index contributed by atoms with van der Waals surface area (Å²) in [6, 6.07) is 0.789. The number of fused-ring (bicyclic) bond motifs is 1. The molecule has 0 bridgehead atoms. The highest BCUT2D eigenvalue weighted by atomic mass is 32.2. The van der Waals surface area contributed by atoms with Gasteiger partial charge in [0.15, 0.2) is 11.5 Å². The van der Waals surface area contributed by atoms with Crippen molar-refractivity contribution in [3.63, 3.8) is 0 Å². The molecule has 0 aromatic heterocycles. The Morgan fingerprint density at radius 1 is 0.815 bits per heavy atom. The predicted molar refractivity (Wildman–Crippen MR) is 74.9 cm³/mol. The summed E-state index contributed by atoms with van der Waals surface area (Å²) in [7, 11) is -12.5. The van der Waals surface area contributed by atoms with E-state index < -0.39 is 54.1 Å². The SMILES string of the molecule is O=C1CCCc2c(OS(=O)(=O)C(F)(F)F)cc(OS(=O)(=O)C(F)(F)F)cc21. The lowest BCUT2D eigenvalue weighted by Crippen LogP contribution is -2.29. The van der Waals surface area contributed by atoms with E-state index in [4.69, 9.17) is 0 Å². The van der Waals surface area contributed by atoms with Gasteiger partial charge in [0, 0.05) is 23.6 Å². The van der Waals surface area contributed by atoms with Crippen molar-refractivity contribution in [1.82, 2.24) is 0 Å². The first-order chi connectivity index (χ1) is 12.1. The number of Topliss-reactive ketones (excluding diaryl/α,β-unsaturated/α-hetero) is 1. The number of carbonyl (C=O) groups excluding carboxylic acids is 1. The summed E-state index contributed by atoms with van der Waals surface area (Å²) >= 11 is 0. The Hall–Kier alpha value is -2.03. The van der Waals surface area contributed by atoms with Gasteiger partial charge >= 0.3 is 31.3 Å². The van der Waals surface area contributed by atoms with Crippen LogP contribution in [0, 0.1) is 0 Å². The molecular weight excluding hydrogens is 434 g/mol. The third kappa shape index (κ3) is 4.28. The molecule has 0 spiro atoms. The number of ketones is 1. The fourth-order valence-corrected chi connectivity index (χ4v) is 3.07. The minimum atomic E-state index is -6.23. The summed E-state index contributed by atoms with van der Waals surface area (Å²) in [5.41, 5.74) is -12.6. The van der Waals surface area contributed by atoms with Crippen LogP contribution in [0.4, 0.5) is 26.3 Å². The zero-order valence-corrected chi connectivity index (χ0v) is 14.4. The Morgan fingerprint density at radius 2 is 1.33 bits per heavy atom. The van der Waals surface area contributed by atoms with Gasteiger partial charge in [0.2, 0.25) is 0 Å². The first-order valence-electron chi connectivity index (χ1n) is 6.77. The average molecular weight is 442 g/mol. The van der Waals surface area contributed by atoms with E-state index in [9.17, 15) is 48.0 Å². The van der Waals surface area contributed by atoms with Gasteiger partial charge in [-0.15, -0.1) is 0 Å². The summed E-state index contributed by atoms with van der Waals surface area (Å²) < 4.78 is 127. The van der Waals surface area contributed by atoms with Gasteiger partial charge in [-0.25, -0.2) is 0 Å². The van der Waals surface area contributed by atoms with Crippen LogP contribution in [0.5, 0.6) is 11.5 Å². The molecule has 152 valence electrons. The smallest absolute Gasteiger partial charge is 0.376 e. The van der Waals surface area contributed by atoms with Crippen molar-refractivity contribution in [3.8, 4) is 11.5 Å². The number of benzene rings is 1. The lowest BCUT2D eigenvalue weighted by molar-refractivity contribution is -0.0502. The molecule has 1 aromatic rings. The summed E-state index contributed by atoms with van der Waals surface area (Å²) in [4.78, 5) is 11.9. The molecular formula is C12H8F6O7S2. The van der Waals surface area contributed by atoms with E-state index in [1.807, 2.05) is 0 Å². The van der Waals surface area contributed by atoms with Gasteiger partial charge in [0.1, 0.15) is 5.75 Å². The van der Waals surface area contributed by atoms with E-state index in [2.05, 4.69) is 8.37 Å². The second-order valence-electron chi connectivity index (χ2n) is 5.19. The van der Waals surface area contributed by atoms with Crippen LogP contribution in [-0.4, -0.2) is 33.6 Å². The zero-order chi connectivity index (χ0) is 20.8. The molecule has 0 unspecified atom stereocenters. The van der Waals surface area contributed by atoms with Gasteiger partial charge in [-0.2, -0.15) is 43.2 Å². The predicted octanol–water partition coefficient (Wildman–Crippen LogP) is 2.66.